The summed E-state index contributed by atoms with van der Waals surface area (Å²) in [7, 11) is 0. The van der Waals surface area contributed by atoms with E-state index in [2.05, 4.69) is 5.32 Å². The Morgan fingerprint density at radius 2 is 1.71 bits per heavy atom. The first-order valence-corrected chi connectivity index (χ1v) is 7.37. The normalized spacial score (nSPS) is 10.0. The highest BCUT2D eigenvalue weighted by atomic mass is 16.5. The lowest BCUT2D eigenvalue weighted by molar-refractivity contribution is -0.136. The van der Waals surface area contributed by atoms with Crippen LogP contribution in [0.25, 0.3) is 0 Å². The van der Waals surface area contributed by atoms with E-state index in [1.165, 1.54) is 6.07 Å². The molecule has 0 saturated carbocycles. The van der Waals surface area contributed by atoms with Gasteiger partial charge in [-0.05, 0) is 17.7 Å². The number of nitrogens with one attached hydrogen (secondary N) is 1. The smallest absolute Gasteiger partial charge is 0.411 e. The Morgan fingerprint density at radius 3 is 2.42 bits per heavy atom. The van der Waals surface area contributed by atoms with Gasteiger partial charge in [0, 0.05) is 17.7 Å². The summed E-state index contributed by atoms with van der Waals surface area (Å²) in [5.41, 5.74) is 1.62. The minimum atomic E-state index is -1.03. The van der Waals surface area contributed by atoms with Crippen LogP contribution in [0.4, 0.5) is 10.5 Å². The van der Waals surface area contributed by atoms with Crippen LogP contribution in [0.5, 0.6) is 0 Å². The fraction of sp³-hybridized carbons (Fsp3) is 0.167. The SMILES string of the molecule is O=C(O)CCC(=O)c1cccc(NC(=O)OCc2ccccc2)c1. The molecule has 2 N–H and O–H groups in total. The van der Waals surface area contributed by atoms with Crippen molar-refractivity contribution in [1.82, 2.24) is 0 Å². The summed E-state index contributed by atoms with van der Waals surface area (Å²) in [5.74, 6) is -1.32. The van der Waals surface area contributed by atoms with Crippen molar-refractivity contribution in [3.8, 4) is 0 Å². The molecule has 0 aliphatic heterocycles. The Bertz CT molecular complexity index is 727. The second-order valence-corrected chi connectivity index (χ2v) is 5.08. The molecule has 2 rings (SSSR count). The first kappa shape index (κ1) is 17.2. The number of hydrogen-bond acceptors (Lipinski definition) is 4. The molecule has 0 atom stereocenters. The third kappa shape index (κ3) is 5.57. The molecule has 2 aromatic carbocycles. The monoisotopic (exact) mass is 327 g/mol. The van der Waals surface area contributed by atoms with Gasteiger partial charge in [0.1, 0.15) is 6.61 Å². The van der Waals surface area contributed by atoms with Crippen molar-refractivity contribution >= 4 is 23.5 Å². The van der Waals surface area contributed by atoms with Crippen LogP contribution in [-0.2, 0) is 16.1 Å². The minimum absolute atomic E-state index is 0.0861. The van der Waals surface area contributed by atoms with Gasteiger partial charge in [-0.15, -0.1) is 0 Å². The van der Waals surface area contributed by atoms with Crippen molar-refractivity contribution in [3.63, 3.8) is 0 Å². The van der Waals surface area contributed by atoms with Gasteiger partial charge in [-0.3, -0.25) is 14.9 Å². The zero-order valence-electron chi connectivity index (χ0n) is 12.9. The molecule has 1 amide bonds. The van der Waals surface area contributed by atoms with Crippen LogP contribution in [0.3, 0.4) is 0 Å². The lowest BCUT2D eigenvalue weighted by atomic mass is 10.1. The molecule has 0 heterocycles. The highest BCUT2D eigenvalue weighted by molar-refractivity contribution is 5.99. The Balaban J connectivity index is 1.90. The van der Waals surface area contributed by atoms with Crippen molar-refractivity contribution in [2.45, 2.75) is 19.4 Å². The number of anilines is 1. The fourth-order valence-electron chi connectivity index (χ4n) is 2.01. The highest BCUT2D eigenvalue weighted by Gasteiger charge is 2.10. The molecule has 0 fully saturated rings. The molecule has 0 spiro atoms. The quantitative estimate of drug-likeness (QED) is 0.759. The summed E-state index contributed by atoms with van der Waals surface area (Å²) in [6, 6.07) is 15.6. The molecule has 0 aliphatic carbocycles. The Morgan fingerprint density at radius 1 is 0.958 bits per heavy atom. The van der Waals surface area contributed by atoms with Gasteiger partial charge in [0.2, 0.25) is 0 Å². The number of carboxylic acid groups (broad SMARTS) is 1. The fourth-order valence-corrected chi connectivity index (χ4v) is 2.01. The number of amides is 1. The molecule has 2 aromatic rings. The van der Waals surface area contributed by atoms with E-state index in [1.54, 1.807) is 18.2 Å². The maximum absolute atomic E-state index is 11.9. The summed E-state index contributed by atoms with van der Waals surface area (Å²) >= 11 is 0. The molecule has 24 heavy (non-hydrogen) atoms. The Kier molecular flexibility index (Phi) is 6.08. The summed E-state index contributed by atoms with van der Waals surface area (Å²) in [6.45, 7) is 0.143. The number of carboxylic acids is 1. The Labute approximate surface area is 139 Å². The molecule has 0 bridgehead atoms. The lowest BCUT2D eigenvalue weighted by Crippen LogP contribution is -2.14. The van der Waals surface area contributed by atoms with Crippen LogP contribution in [0.2, 0.25) is 0 Å². The summed E-state index contributed by atoms with van der Waals surface area (Å²) in [4.78, 5) is 34.2. The van der Waals surface area contributed by atoms with E-state index in [1.807, 2.05) is 30.3 Å². The number of Topliss-reactive ketones (excluding diaryl/α,β-unsaturated/α-hetero) is 1. The zero-order valence-corrected chi connectivity index (χ0v) is 12.9. The summed E-state index contributed by atoms with van der Waals surface area (Å²) in [5, 5.41) is 11.2. The van der Waals surface area contributed by atoms with Crippen LogP contribution < -0.4 is 5.32 Å². The predicted molar refractivity (Wildman–Crippen MR) is 87.9 cm³/mol. The lowest BCUT2D eigenvalue weighted by Gasteiger charge is -2.08. The number of benzene rings is 2. The molecular weight excluding hydrogens is 310 g/mol. The van der Waals surface area contributed by atoms with Crippen molar-refractivity contribution in [3.05, 3.63) is 65.7 Å². The predicted octanol–water partition coefficient (Wildman–Crippen LogP) is 3.48. The minimum Gasteiger partial charge on any atom is -0.481 e. The number of hydrogen-bond donors (Lipinski definition) is 2. The van der Waals surface area contributed by atoms with Crippen LogP contribution >= 0.6 is 0 Å². The topological polar surface area (TPSA) is 92.7 Å². The molecule has 0 radical (unpaired) electrons. The van der Waals surface area contributed by atoms with Gasteiger partial charge >= 0.3 is 12.1 Å². The van der Waals surface area contributed by atoms with Crippen LogP contribution in [0.15, 0.2) is 54.6 Å². The van der Waals surface area contributed by atoms with Crippen molar-refractivity contribution in [1.29, 1.82) is 0 Å². The van der Waals surface area contributed by atoms with Crippen molar-refractivity contribution < 1.29 is 24.2 Å². The number of aliphatic carboxylic acids is 1. The molecular formula is C18H17NO5. The largest absolute Gasteiger partial charge is 0.481 e. The number of carbonyl (C=O) groups excluding carboxylic acids is 2. The van der Waals surface area contributed by atoms with Crippen molar-refractivity contribution in [2.24, 2.45) is 0 Å². The van der Waals surface area contributed by atoms with Crippen LogP contribution in [-0.4, -0.2) is 23.0 Å². The molecule has 6 nitrogen and oxygen atoms in total. The first-order valence-electron chi connectivity index (χ1n) is 7.37. The molecule has 124 valence electrons. The third-order valence-electron chi connectivity index (χ3n) is 3.21. The molecule has 6 heteroatoms. The average molecular weight is 327 g/mol. The van der Waals surface area contributed by atoms with Gasteiger partial charge in [-0.2, -0.15) is 0 Å². The maximum atomic E-state index is 11.9. The Hall–Kier alpha value is -3.15. The van der Waals surface area contributed by atoms with E-state index in [9.17, 15) is 14.4 Å². The standard InChI is InChI=1S/C18H17NO5/c20-16(9-10-17(21)22)14-7-4-8-15(11-14)19-18(23)24-12-13-5-2-1-3-6-13/h1-8,11H,9-10,12H2,(H,19,23)(H,21,22). The summed E-state index contributed by atoms with van der Waals surface area (Å²) < 4.78 is 5.10. The van der Waals surface area contributed by atoms with E-state index >= 15 is 0 Å². The molecule has 0 aromatic heterocycles. The van der Waals surface area contributed by atoms with E-state index in [0.29, 0.717) is 11.3 Å². The van der Waals surface area contributed by atoms with Gasteiger partial charge in [0.05, 0.1) is 6.42 Å². The number of rotatable bonds is 7. The number of ether oxygens (including phenoxy) is 1. The van der Waals surface area contributed by atoms with E-state index in [0.717, 1.165) is 5.56 Å². The van der Waals surface area contributed by atoms with Crippen molar-refractivity contribution in [2.75, 3.05) is 5.32 Å². The van der Waals surface area contributed by atoms with Crippen LogP contribution in [0.1, 0.15) is 28.8 Å². The van der Waals surface area contributed by atoms with Gasteiger partial charge < -0.3 is 9.84 Å². The zero-order chi connectivity index (χ0) is 17.4. The second-order valence-electron chi connectivity index (χ2n) is 5.08. The molecule has 0 unspecified atom stereocenters. The molecule has 0 saturated heterocycles. The molecule has 0 aliphatic rings. The van der Waals surface area contributed by atoms with E-state index in [4.69, 9.17) is 9.84 Å². The van der Waals surface area contributed by atoms with E-state index < -0.39 is 12.1 Å². The maximum Gasteiger partial charge on any atom is 0.411 e. The first-order chi connectivity index (χ1) is 11.5. The van der Waals surface area contributed by atoms with Crippen LogP contribution in [0, 0.1) is 0 Å². The average Bonchev–Trinajstić information content (AvgIpc) is 2.59. The highest BCUT2D eigenvalue weighted by Crippen LogP contribution is 2.14. The van der Waals surface area contributed by atoms with Gasteiger partial charge in [0.15, 0.2) is 5.78 Å². The van der Waals surface area contributed by atoms with E-state index in [-0.39, 0.29) is 25.2 Å². The second kappa shape index (κ2) is 8.47. The van der Waals surface area contributed by atoms with Gasteiger partial charge in [0.25, 0.3) is 0 Å². The number of ketones is 1. The summed E-state index contributed by atoms with van der Waals surface area (Å²) in [6.07, 6.45) is -0.943. The van der Waals surface area contributed by atoms with Gasteiger partial charge in [-0.25, -0.2) is 4.79 Å². The third-order valence-corrected chi connectivity index (χ3v) is 3.21. The number of carbonyl (C=O) groups is 3. The van der Waals surface area contributed by atoms with Gasteiger partial charge in [-0.1, -0.05) is 42.5 Å².